The van der Waals surface area contributed by atoms with Gasteiger partial charge in [0.1, 0.15) is 6.07 Å². The number of allylic oxidation sites excluding steroid dienone is 1. The Morgan fingerprint density at radius 2 is 2.06 bits per heavy atom. The molecule has 0 spiro atoms. The maximum atomic E-state index is 9.04. The fourth-order valence-electron chi connectivity index (χ4n) is 1.98. The summed E-state index contributed by atoms with van der Waals surface area (Å²) in [6.45, 7) is 4.17. The van der Waals surface area contributed by atoms with Crippen LogP contribution in [-0.4, -0.2) is 0 Å². The molecule has 0 unspecified atom stereocenters. The number of hydrogen-bond donors (Lipinski definition) is 1. The largest absolute Gasteiger partial charge is 0.398 e. The van der Waals surface area contributed by atoms with Gasteiger partial charge < -0.3 is 5.73 Å². The van der Waals surface area contributed by atoms with E-state index in [1.807, 2.05) is 19.1 Å². The summed E-state index contributed by atoms with van der Waals surface area (Å²) in [5, 5.41) is 9.04. The monoisotopic (exact) mass is 242 g/mol. The zero-order chi connectivity index (χ0) is 13.4. The molecule has 96 valence electrons. The second-order valence-corrected chi connectivity index (χ2v) is 4.61. The van der Waals surface area contributed by atoms with E-state index in [0.29, 0.717) is 11.3 Å². The molecular weight excluding hydrogens is 220 g/mol. The molecule has 18 heavy (non-hydrogen) atoms. The van der Waals surface area contributed by atoms with Crippen LogP contribution in [0.15, 0.2) is 18.2 Å². The van der Waals surface area contributed by atoms with Gasteiger partial charge in [0.2, 0.25) is 0 Å². The van der Waals surface area contributed by atoms with Crippen molar-refractivity contribution in [1.29, 1.82) is 5.26 Å². The van der Waals surface area contributed by atoms with E-state index in [0.717, 1.165) is 17.5 Å². The van der Waals surface area contributed by atoms with Gasteiger partial charge in [-0.15, -0.1) is 0 Å². The van der Waals surface area contributed by atoms with Gasteiger partial charge in [-0.3, -0.25) is 0 Å². The Balaban J connectivity index is 2.63. The van der Waals surface area contributed by atoms with Crippen LogP contribution in [0.4, 0.5) is 5.69 Å². The number of nitrogen functional groups attached to an aromatic ring is 1. The summed E-state index contributed by atoms with van der Waals surface area (Å²) in [4.78, 5) is 0. The zero-order valence-corrected chi connectivity index (χ0v) is 11.4. The number of nitrogens with two attached hydrogens (primary N) is 1. The summed E-state index contributed by atoms with van der Waals surface area (Å²) in [5.74, 6) is 0. The highest BCUT2D eigenvalue weighted by Gasteiger charge is 2.04. The fraction of sp³-hybridized carbons (Fsp3) is 0.438. The Kier molecular flexibility index (Phi) is 6.00. The van der Waals surface area contributed by atoms with E-state index in [1.165, 1.54) is 25.7 Å². The lowest BCUT2D eigenvalue weighted by molar-refractivity contribution is 0.675. The van der Waals surface area contributed by atoms with E-state index in [4.69, 9.17) is 11.0 Å². The number of unbranched alkanes of at least 4 members (excludes halogenated alkanes) is 4. The number of nitriles is 1. The number of rotatable bonds is 6. The van der Waals surface area contributed by atoms with Crippen LogP contribution >= 0.6 is 0 Å². The highest BCUT2D eigenvalue weighted by Crippen LogP contribution is 2.21. The topological polar surface area (TPSA) is 49.8 Å². The van der Waals surface area contributed by atoms with Crippen LogP contribution in [0.2, 0.25) is 0 Å². The van der Waals surface area contributed by atoms with Crippen molar-refractivity contribution in [3.63, 3.8) is 0 Å². The molecule has 0 aromatic heterocycles. The second-order valence-electron chi connectivity index (χ2n) is 4.61. The van der Waals surface area contributed by atoms with E-state index in [9.17, 15) is 0 Å². The molecule has 0 fully saturated rings. The molecule has 2 N–H and O–H groups in total. The normalized spacial score (nSPS) is 10.7. The van der Waals surface area contributed by atoms with Gasteiger partial charge in [-0.25, -0.2) is 0 Å². The van der Waals surface area contributed by atoms with Gasteiger partial charge in [-0.2, -0.15) is 5.26 Å². The Bertz CT molecular complexity index is 453. The van der Waals surface area contributed by atoms with Gasteiger partial charge in [0.25, 0.3) is 0 Å². The number of nitrogens with zero attached hydrogens (tertiary/aromatic N) is 1. The van der Waals surface area contributed by atoms with E-state index >= 15 is 0 Å². The molecule has 0 saturated carbocycles. The molecule has 0 aliphatic rings. The molecule has 0 amide bonds. The lowest BCUT2D eigenvalue weighted by Crippen LogP contribution is -1.95. The van der Waals surface area contributed by atoms with Crippen molar-refractivity contribution in [2.45, 2.75) is 46.0 Å². The fourth-order valence-corrected chi connectivity index (χ4v) is 1.98. The summed E-state index contributed by atoms with van der Waals surface area (Å²) in [6.07, 6.45) is 10.5. The molecule has 0 heterocycles. The lowest BCUT2D eigenvalue weighted by Gasteiger charge is -2.05. The predicted molar refractivity (Wildman–Crippen MR) is 78.1 cm³/mol. The van der Waals surface area contributed by atoms with Crippen LogP contribution in [0.5, 0.6) is 0 Å². The average molecular weight is 242 g/mol. The maximum Gasteiger partial charge on any atom is 0.102 e. The van der Waals surface area contributed by atoms with Crippen molar-refractivity contribution < 1.29 is 0 Å². The molecule has 0 aliphatic heterocycles. The second kappa shape index (κ2) is 7.55. The highest BCUT2D eigenvalue weighted by atomic mass is 14.6. The van der Waals surface area contributed by atoms with Crippen LogP contribution in [0.1, 0.15) is 55.7 Å². The van der Waals surface area contributed by atoms with Gasteiger partial charge in [0.05, 0.1) is 5.56 Å². The van der Waals surface area contributed by atoms with E-state index < -0.39 is 0 Å². The SMILES string of the molecule is CCCCCCC=Cc1ccc(N)c(C#N)c1C. The Morgan fingerprint density at radius 3 is 2.72 bits per heavy atom. The number of benzene rings is 1. The molecular formula is C16H22N2. The van der Waals surface area contributed by atoms with Gasteiger partial charge in [0.15, 0.2) is 0 Å². The molecule has 1 aromatic carbocycles. The molecule has 2 nitrogen and oxygen atoms in total. The van der Waals surface area contributed by atoms with Gasteiger partial charge >= 0.3 is 0 Å². The third kappa shape index (κ3) is 3.92. The van der Waals surface area contributed by atoms with Gasteiger partial charge in [0, 0.05) is 5.69 Å². The minimum Gasteiger partial charge on any atom is -0.398 e. The maximum absolute atomic E-state index is 9.04. The Morgan fingerprint density at radius 1 is 1.28 bits per heavy atom. The van der Waals surface area contributed by atoms with E-state index in [-0.39, 0.29) is 0 Å². The summed E-state index contributed by atoms with van der Waals surface area (Å²) in [5.41, 5.74) is 9.00. The molecule has 2 heteroatoms. The molecule has 0 radical (unpaired) electrons. The van der Waals surface area contributed by atoms with Crippen molar-refractivity contribution in [1.82, 2.24) is 0 Å². The third-order valence-corrected chi connectivity index (χ3v) is 3.17. The Hall–Kier alpha value is -1.75. The van der Waals surface area contributed by atoms with Crippen molar-refractivity contribution in [2.24, 2.45) is 0 Å². The van der Waals surface area contributed by atoms with Crippen LogP contribution in [-0.2, 0) is 0 Å². The molecule has 0 saturated heterocycles. The van der Waals surface area contributed by atoms with Crippen molar-refractivity contribution in [3.8, 4) is 6.07 Å². The van der Waals surface area contributed by atoms with Crippen LogP contribution in [0.3, 0.4) is 0 Å². The molecule has 0 bridgehead atoms. The summed E-state index contributed by atoms with van der Waals surface area (Å²) in [7, 11) is 0. The minimum absolute atomic E-state index is 0.565. The summed E-state index contributed by atoms with van der Waals surface area (Å²) >= 11 is 0. The zero-order valence-electron chi connectivity index (χ0n) is 11.4. The first-order chi connectivity index (χ1) is 8.70. The first kappa shape index (κ1) is 14.3. The van der Waals surface area contributed by atoms with E-state index in [1.54, 1.807) is 0 Å². The van der Waals surface area contributed by atoms with E-state index in [2.05, 4.69) is 25.1 Å². The Labute approximate surface area is 110 Å². The molecule has 1 aromatic rings. The summed E-state index contributed by atoms with van der Waals surface area (Å²) in [6, 6.07) is 5.95. The quantitative estimate of drug-likeness (QED) is 0.592. The molecule has 0 aliphatic carbocycles. The van der Waals surface area contributed by atoms with Gasteiger partial charge in [-0.1, -0.05) is 44.4 Å². The first-order valence-electron chi connectivity index (χ1n) is 6.66. The smallest absolute Gasteiger partial charge is 0.102 e. The van der Waals surface area contributed by atoms with Crippen molar-refractivity contribution in [2.75, 3.05) is 5.73 Å². The number of anilines is 1. The highest BCUT2D eigenvalue weighted by molar-refractivity contribution is 5.66. The van der Waals surface area contributed by atoms with Crippen LogP contribution in [0, 0.1) is 18.3 Å². The van der Waals surface area contributed by atoms with Crippen LogP contribution in [0.25, 0.3) is 6.08 Å². The molecule has 1 rings (SSSR count). The predicted octanol–water partition coefficient (Wildman–Crippen LogP) is 4.43. The van der Waals surface area contributed by atoms with Crippen molar-refractivity contribution in [3.05, 3.63) is 34.9 Å². The number of hydrogen-bond acceptors (Lipinski definition) is 2. The average Bonchev–Trinajstić information content (AvgIpc) is 2.36. The third-order valence-electron chi connectivity index (χ3n) is 3.17. The molecule has 0 atom stereocenters. The minimum atomic E-state index is 0.565. The van der Waals surface area contributed by atoms with Gasteiger partial charge in [-0.05, 0) is 37.0 Å². The van der Waals surface area contributed by atoms with Crippen molar-refractivity contribution >= 4 is 11.8 Å². The lowest BCUT2D eigenvalue weighted by atomic mass is 10.0. The van der Waals surface area contributed by atoms with Crippen LogP contribution < -0.4 is 5.73 Å². The first-order valence-corrected chi connectivity index (χ1v) is 6.66. The summed E-state index contributed by atoms with van der Waals surface area (Å²) < 4.78 is 0. The standard InChI is InChI=1S/C16H22N2/c1-3-4-5-6-7-8-9-14-10-11-16(18)15(12-17)13(14)2/h8-11H,3-7,18H2,1-2H3.